The molecule has 1 heterocycles. The zero-order valence-corrected chi connectivity index (χ0v) is 14.1. The van der Waals surface area contributed by atoms with Crippen molar-refractivity contribution in [3.63, 3.8) is 0 Å². The highest BCUT2D eigenvalue weighted by atomic mass is 16.3. The molecule has 1 aromatic heterocycles. The highest BCUT2D eigenvalue weighted by Gasteiger charge is 2.18. The van der Waals surface area contributed by atoms with E-state index in [0.29, 0.717) is 0 Å². The molecule has 2 aromatic carbocycles. The lowest BCUT2D eigenvalue weighted by Crippen LogP contribution is -2.13. The van der Waals surface area contributed by atoms with E-state index in [-0.39, 0.29) is 12.3 Å². The molecule has 0 aliphatic heterocycles. The molecular formula is C20H23N3O. The average Bonchev–Trinajstić information content (AvgIpc) is 2.61. The molecule has 0 amide bonds. The Morgan fingerprint density at radius 1 is 1.12 bits per heavy atom. The van der Waals surface area contributed by atoms with Crippen molar-refractivity contribution >= 4 is 10.8 Å². The fraction of sp³-hybridized carbons (Fsp3) is 0.250. The molecule has 0 unspecified atom stereocenters. The first-order chi connectivity index (χ1) is 11.7. The quantitative estimate of drug-likeness (QED) is 0.673. The number of nitrogens with zero attached hydrogens (tertiary/aromatic N) is 1. The predicted octanol–water partition coefficient (Wildman–Crippen LogP) is 3.48. The second kappa shape index (κ2) is 6.99. The molecule has 0 bridgehead atoms. The van der Waals surface area contributed by atoms with E-state index in [1.54, 1.807) is 0 Å². The number of nitrogens with one attached hydrogen (secondary N) is 1. The molecule has 124 valence electrons. The van der Waals surface area contributed by atoms with Gasteiger partial charge in [-0.2, -0.15) is 0 Å². The third-order valence-electron chi connectivity index (χ3n) is 4.39. The van der Waals surface area contributed by atoms with E-state index in [1.165, 1.54) is 17.1 Å². The summed E-state index contributed by atoms with van der Waals surface area (Å²) in [6.45, 7) is 5.98. The Morgan fingerprint density at radius 2 is 1.92 bits per heavy atom. The van der Waals surface area contributed by atoms with Crippen LogP contribution in [0.4, 0.5) is 0 Å². The monoisotopic (exact) mass is 321 g/mol. The van der Waals surface area contributed by atoms with Crippen molar-refractivity contribution in [1.82, 2.24) is 10.3 Å². The van der Waals surface area contributed by atoms with Crippen molar-refractivity contribution in [3.05, 3.63) is 59.4 Å². The molecule has 4 nitrogen and oxygen atoms in total. The summed E-state index contributed by atoms with van der Waals surface area (Å²) in [6.07, 6.45) is 1.48. The Bertz CT molecular complexity index is 874. The number of pyridine rings is 1. The first-order valence-corrected chi connectivity index (χ1v) is 8.26. The van der Waals surface area contributed by atoms with Gasteiger partial charge in [-0.1, -0.05) is 43.3 Å². The lowest BCUT2D eigenvalue weighted by Gasteiger charge is -2.19. The molecule has 0 atom stereocenters. The van der Waals surface area contributed by atoms with Gasteiger partial charge < -0.3 is 16.2 Å². The molecule has 0 saturated carbocycles. The van der Waals surface area contributed by atoms with E-state index in [1.807, 2.05) is 19.1 Å². The molecule has 0 aliphatic carbocycles. The van der Waals surface area contributed by atoms with Crippen LogP contribution in [0.1, 0.15) is 23.7 Å². The first kappa shape index (κ1) is 16.4. The Morgan fingerprint density at radius 3 is 2.67 bits per heavy atom. The normalized spacial score (nSPS) is 11.1. The van der Waals surface area contributed by atoms with Crippen molar-refractivity contribution in [2.45, 2.75) is 26.9 Å². The summed E-state index contributed by atoms with van der Waals surface area (Å²) < 4.78 is 0. The zero-order valence-electron chi connectivity index (χ0n) is 14.1. The summed E-state index contributed by atoms with van der Waals surface area (Å²) >= 11 is 0. The van der Waals surface area contributed by atoms with Crippen LogP contribution in [-0.2, 0) is 13.1 Å². The summed E-state index contributed by atoms with van der Waals surface area (Å²) in [6, 6.07) is 12.6. The van der Waals surface area contributed by atoms with E-state index in [9.17, 15) is 5.11 Å². The predicted molar refractivity (Wildman–Crippen MR) is 98.9 cm³/mol. The molecule has 3 aromatic rings. The molecule has 0 fully saturated rings. The zero-order chi connectivity index (χ0) is 17.1. The van der Waals surface area contributed by atoms with E-state index < -0.39 is 0 Å². The van der Waals surface area contributed by atoms with Crippen LogP contribution in [0.15, 0.2) is 42.6 Å². The minimum Gasteiger partial charge on any atom is -0.506 e. The van der Waals surface area contributed by atoms with Gasteiger partial charge in [-0.15, -0.1) is 0 Å². The van der Waals surface area contributed by atoms with Crippen LogP contribution < -0.4 is 11.1 Å². The third-order valence-corrected chi connectivity index (χ3v) is 4.39. The number of rotatable bonds is 5. The lowest BCUT2D eigenvalue weighted by molar-refractivity contribution is 0.465. The first-order valence-electron chi connectivity index (χ1n) is 8.26. The fourth-order valence-corrected chi connectivity index (χ4v) is 3.20. The number of aromatic hydroxyl groups is 1. The number of fused-ring (bicyclic) bond motifs is 1. The van der Waals surface area contributed by atoms with Gasteiger partial charge in [-0.3, -0.25) is 4.98 Å². The van der Waals surface area contributed by atoms with Gasteiger partial charge in [-0.05, 0) is 35.4 Å². The topological polar surface area (TPSA) is 71.2 Å². The SMILES string of the molecule is CCNCc1ccc2ccccc2c1-c1c(C)ncc(O)c1CN. The van der Waals surface area contributed by atoms with Gasteiger partial charge in [0.05, 0.1) is 6.20 Å². The molecule has 0 saturated heterocycles. The third kappa shape index (κ3) is 2.86. The van der Waals surface area contributed by atoms with E-state index in [4.69, 9.17) is 5.73 Å². The number of benzene rings is 2. The highest BCUT2D eigenvalue weighted by molar-refractivity contribution is 5.99. The van der Waals surface area contributed by atoms with E-state index in [2.05, 4.69) is 41.5 Å². The Labute approximate surface area is 142 Å². The maximum atomic E-state index is 10.3. The Kier molecular flexibility index (Phi) is 4.79. The van der Waals surface area contributed by atoms with Crippen LogP contribution in [0.2, 0.25) is 0 Å². The number of aromatic nitrogens is 1. The summed E-state index contributed by atoms with van der Waals surface area (Å²) in [5, 5.41) is 16.0. The largest absolute Gasteiger partial charge is 0.506 e. The van der Waals surface area contributed by atoms with Crippen LogP contribution in [0.5, 0.6) is 5.75 Å². The Hall–Kier alpha value is -2.43. The van der Waals surface area contributed by atoms with Gasteiger partial charge >= 0.3 is 0 Å². The van der Waals surface area contributed by atoms with Crippen LogP contribution in [0.3, 0.4) is 0 Å². The van der Waals surface area contributed by atoms with Gasteiger partial charge in [0.2, 0.25) is 0 Å². The van der Waals surface area contributed by atoms with E-state index in [0.717, 1.165) is 40.9 Å². The summed E-state index contributed by atoms with van der Waals surface area (Å²) in [5.41, 5.74) is 10.8. The molecule has 0 radical (unpaired) electrons. The van der Waals surface area contributed by atoms with Gasteiger partial charge in [0, 0.05) is 29.9 Å². The number of hydrogen-bond donors (Lipinski definition) is 3. The fourth-order valence-electron chi connectivity index (χ4n) is 3.20. The van der Waals surface area contributed by atoms with Crippen molar-refractivity contribution in [2.75, 3.05) is 6.54 Å². The molecule has 3 rings (SSSR count). The highest BCUT2D eigenvalue weighted by Crippen LogP contribution is 2.38. The summed E-state index contributed by atoms with van der Waals surface area (Å²) in [5.74, 6) is 0.153. The van der Waals surface area contributed by atoms with Crippen molar-refractivity contribution < 1.29 is 5.11 Å². The minimum atomic E-state index is 0.153. The van der Waals surface area contributed by atoms with Crippen molar-refractivity contribution in [3.8, 4) is 16.9 Å². The van der Waals surface area contributed by atoms with Gasteiger partial charge in [0.15, 0.2) is 0 Å². The van der Waals surface area contributed by atoms with Crippen LogP contribution in [-0.4, -0.2) is 16.6 Å². The van der Waals surface area contributed by atoms with Crippen LogP contribution >= 0.6 is 0 Å². The van der Waals surface area contributed by atoms with E-state index >= 15 is 0 Å². The number of aryl methyl sites for hydroxylation is 1. The molecule has 0 spiro atoms. The Balaban J connectivity index is 2.37. The van der Waals surface area contributed by atoms with Gasteiger partial charge in [0.1, 0.15) is 5.75 Å². The van der Waals surface area contributed by atoms with Crippen LogP contribution in [0, 0.1) is 6.92 Å². The second-order valence-corrected chi connectivity index (χ2v) is 5.89. The minimum absolute atomic E-state index is 0.153. The molecule has 4 N–H and O–H groups in total. The maximum Gasteiger partial charge on any atom is 0.138 e. The van der Waals surface area contributed by atoms with Crippen LogP contribution in [0.25, 0.3) is 21.9 Å². The standard InChI is InChI=1S/C20H23N3O/c1-3-22-11-15-9-8-14-6-4-5-7-16(14)20(15)19-13(2)23-12-18(24)17(19)10-21/h4-9,12,22,24H,3,10-11,21H2,1-2H3. The van der Waals surface area contributed by atoms with Crippen molar-refractivity contribution in [2.24, 2.45) is 5.73 Å². The smallest absolute Gasteiger partial charge is 0.138 e. The van der Waals surface area contributed by atoms with Crippen molar-refractivity contribution in [1.29, 1.82) is 0 Å². The maximum absolute atomic E-state index is 10.3. The average molecular weight is 321 g/mol. The van der Waals surface area contributed by atoms with Gasteiger partial charge in [-0.25, -0.2) is 0 Å². The molecule has 0 aliphatic rings. The molecule has 4 heteroatoms. The second-order valence-electron chi connectivity index (χ2n) is 5.89. The number of nitrogens with two attached hydrogens (primary N) is 1. The molecule has 24 heavy (non-hydrogen) atoms. The summed E-state index contributed by atoms with van der Waals surface area (Å²) in [4.78, 5) is 4.37. The summed E-state index contributed by atoms with van der Waals surface area (Å²) in [7, 11) is 0. The van der Waals surface area contributed by atoms with Gasteiger partial charge in [0.25, 0.3) is 0 Å². The number of hydrogen-bond acceptors (Lipinski definition) is 4. The lowest BCUT2D eigenvalue weighted by atomic mass is 9.89. The molecular weight excluding hydrogens is 298 g/mol.